The van der Waals surface area contributed by atoms with Gasteiger partial charge in [-0.3, -0.25) is 9.88 Å². The van der Waals surface area contributed by atoms with E-state index in [-0.39, 0.29) is 5.82 Å². The van der Waals surface area contributed by atoms with E-state index >= 15 is 0 Å². The van der Waals surface area contributed by atoms with E-state index in [0.717, 1.165) is 43.4 Å². The highest BCUT2D eigenvalue weighted by atomic mass is 19.1. The number of anilines is 1. The summed E-state index contributed by atoms with van der Waals surface area (Å²) in [7, 11) is 0. The number of hydrogen-bond acceptors (Lipinski definition) is 5. The summed E-state index contributed by atoms with van der Waals surface area (Å²) in [6, 6.07) is 7.26. The molecule has 30 heavy (non-hydrogen) atoms. The molecular weight excluding hydrogens is 392 g/mol. The molecule has 0 atom stereocenters. The Balaban J connectivity index is 1.20. The van der Waals surface area contributed by atoms with E-state index in [9.17, 15) is 13.6 Å². The van der Waals surface area contributed by atoms with Crippen LogP contribution >= 0.6 is 0 Å². The topological polar surface area (TPSA) is 65.6 Å². The van der Waals surface area contributed by atoms with E-state index in [1.165, 1.54) is 24.3 Å². The largest absolute Gasteiger partial charge is 0.464 e. The van der Waals surface area contributed by atoms with Gasteiger partial charge in [0, 0.05) is 43.7 Å². The van der Waals surface area contributed by atoms with Crippen molar-refractivity contribution in [1.82, 2.24) is 9.88 Å². The Bertz CT molecular complexity index is 1250. The van der Waals surface area contributed by atoms with Crippen LogP contribution in [0.4, 0.5) is 14.5 Å². The fourth-order valence-corrected chi connectivity index (χ4v) is 4.20. The highest BCUT2D eigenvalue weighted by Crippen LogP contribution is 2.28. The first-order valence-corrected chi connectivity index (χ1v) is 10.0. The molecule has 2 aromatic carbocycles. The lowest BCUT2D eigenvalue weighted by molar-refractivity contribution is 0.255. The van der Waals surface area contributed by atoms with Crippen molar-refractivity contribution >= 4 is 27.8 Å². The number of nitrogens with one attached hydrogen (secondary N) is 1. The fraction of sp³-hybridized carbons (Fsp3) is 0.318. The smallest absolute Gasteiger partial charge is 0.417 e. The number of benzene rings is 2. The van der Waals surface area contributed by atoms with Gasteiger partial charge >= 0.3 is 5.76 Å². The van der Waals surface area contributed by atoms with Crippen LogP contribution in [0.15, 0.2) is 50.2 Å². The summed E-state index contributed by atoms with van der Waals surface area (Å²) in [6.07, 6.45) is 3.46. The van der Waals surface area contributed by atoms with Crippen LogP contribution in [-0.4, -0.2) is 42.6 Å². The van der Waals surface area contributed by atoms with Crippen LogP contribution in [-0.2, 0) is 6.42 Å². The maximum absolute atomic E-state index is 13.9. The number of furan rings is 1. The number of halogens is 2. The van der Waals surface area contributed by atoms with Crippen LogP contribution in [0, 0.1) is 11.6 Å². The number of rotatable bonds is 5. The number of piperazine rings is 1. The van der Waals surface area contributed by atoms with E-state index in [1.807, 2.05) is 4.90 Å². The summed E-state index contributed by atoms with van der Waals surface area (Å²) in [5.41, 5.74) is 3.11. The summed E-state index contributed by atoms with van der Waals surface area (Å²) in [6.45, 7) is 4.00. The minimum Gasteiger partial charge on any atom is -0.464 e. The molecule has 1 saturated heterocycles. The Morgan fingerprint density at radius 3 is 2.70 bits per heavy atom. The summed E-state index contributed by atoms with van der Waals surface area (Å²) >= 11 is 0. The third kappa shape index (κ3) is 3.59. The predicted molar refractivity (Wildman–Crippen MR) is 110 cm³/mol. The molecule has 1 N–H and O–H groups in total. The van der Waals surface area contributed by atoms with Gasteiger partial charge in [0.1, 0.15) is 17.2 Å². The molecule has 1 fully saturated rings. The second-order valence-corrected chi connectivity index (χ2v) is 7.65. The molecule has 0 saturated carbocycles. The highest BCUT2D eigenvalue weighted by Gasteiger charge is 2.21. The van der Waals surface area contributed by atoms with E-state index < -0.39 is 11.6 Å². The minimum absolute atomic E-state index is 0.258. The Morgan fingerprint density at radius 1 is 1.03 bits per heavy atom. The van der Waals surface area contributed by atoms with Gasteiger partial charge in [0.2, 0.25) is 0 Å². The van der Waals surface area contributed by atoms with Gasteiger partial charge in [-0.1, -0.05) is 0 Å². The first-order valence-electron chi connectivity index (χ1n) is 10.0. The van der Waals surface area contributed by atoms with Gasteiger partial charge < -0.3 is 13.7 Å². The molecular formula is C22H21F2N3O3. The molecule has 4 aromatic rings. The number of fused-ring (bicyclic) bond motifs is 2. The van der Waals surface area contributed by atoms with Crippen LogP contribution in [0.5, 0.6) is 0 Å². The first-order chi connectivity index (χ1) is 14.6. The quantitative estimate of drug-likeness (QED) is 0.538. The number of H-pyrrole nitrogens is 1. The van der Waals surface area contributed by atoms with Crippen molar-refractivity contribution in [3.63, 3.8) is 0 Å². The maximum atomic E-state index is 13.9. The molecule has 0 bridgehead atoms. The van der Waals surface area contributed by atoms with Crippen LogP contribution in [0.2, 0.25) is 0 Å². The van der Waals surface area contributed by atoms with Gasteiger partial charge in [-0.25, -0.2) is 13.6 Å². The zero-order valence-corrected chi connectivity index (χ0v) is 16.3. The van der Waals surface area contributed by atoms with Crippen LogP contribution in [0.1, 0.15) is 12.0 Å². The van der Waals surface area contributed by atoms with Crippen molar-refractivity contribution in [3.05, 3.63) is 64.3 Å². The van der Waals surface area contributed by atoms with Crippen molar-refractivity contribution in [1.29, 1.82) is 0 Å². The lowest BCUT2D eigenvalue weighted by atomic mass is 10.1. The Hall–Kier alpha value is -3.13. The van der Waals surface area contributed by atoms with Gasteiger partial charge in [-0.2, -0.15) is 0 Å². The number of aromatic amines is 1. The molecule has 8 heteroatoms. The van der Waals surface area contributed by atoms with Crippen molar-refractivity contribution < 1.29 is 17.6 Å². The van der Waals surface area contributed by atoms with E-state index in [2.05, 4.69) is 9.88 Å². The third-order valence-electron chi connectivity index (χ3n) is 5.71. The highest BCUT2D eigenvalue weighted by molar-refractivity contribution is 5.86. The number of oxazole rings is 1. The first kappa shape index (κ1) is 18.9. The second kappa shape index (κ2) is 7.60. The Morgan fingerprint density at radius 2 is 1.87 bits per heavy atom. The van der Waals surface area contributed by atoms with Crippen molar-refractivity contribution in [2.75, 3.05) is 37.6 Å². The van der Waals surface area contributed by atoms with E-state index in [1.54, 1.807) is 12.3 Å². The maximum Gasteiger partial charge on any atom is 0.417 e. The monoisotopic (exact) mass is 413 g/mol. The lowest BCUT2D eigenvalue weighted by Crippen LogP contribution is -2.46. The second-order valence-electron chi connectivity index (χ2n) is 7.65. The molecule has 1 aliphatic rings. The number of nitrogens with zero attached hydrogens (tertiary/aromatic N) is 2. The Kier molecular flexibility index (Phi) is 4.78. The lowest BCUT2D eigenvalue weighted by Gasteiger charge is -2.36. The van der Waals surface area contributed by atoms with Gasteiger partial charge in [-0.15, -0.1) is 0 Å². The van der Waals surface area contributed by atoms with Crippen LogP contribution in [0.3, 0.4) is 0 Å². The molecule has 0 aliphatic carbocycles. The summed E-state index contributed by atoms with van der Waals surface area (Å²) in [5, 5.41) is 0.836. The summed E-state index contributed by atoms with van der Waals surface area (Å²) in [5.74, 6) is -1.24. The van der Waals surface area contributed by atoms with Gasteiger partial charge in [0.05, 0.1) is 17.5 Å². The minimum atomic E-state index is -0.581. The zero-order chi connectivity index (χ0) is 20.7. The standard InChI is InChI=1S/C22H21F2N3O3/c23-15-3-4-20-17(10-15)14(13-29-20)2-1-5-26-6-8-27(9-7-26)19-12-16(24)11-18-21(19)30-22(28)25-18/h3-4,10-13H,1-2,5-9H2,(H,25,28). The van der Waals surface area contributed by atoms with Crippen LogP contribution in [0.25, 0.3) is 22.1 Å². The van der Waals surface area contributed by atoms with Gasteiger partial charge in [-0.05, 0) is 43.1 Å². The molecule has 156 valence electrons. The Labute approximate surface area is 170 Å². The number of aromatic nitrogens is 1. The average molecular weight is 413 g/mol. The predicted octanol–water partition coefficient (Wildman–Crippen LogP) is 3.90. The molecule has 0 amide bonds. The molecule has 1 aliphatic heterocycles. The number of hydrogen-bond donors (Lipinski definition) is 1. The molecule has 0 radical (unpaired) electrons. The fourth-order valence-electron chi connectivity index (χ4n) is 4.20. The van der Waals surface area contributed by atoms with E-state index in [4.69, 9.17) is 8.83 Å². The molecule has 3 heterocycles. The number of aryl methyl sites for hydroxylation is 1. The summed E-state index contributed by atoms with van der Waals surface area (Å²) in [4.78, 5) is 18.4. The third-order valence-corrected chi connectivity index (χ3v) is 5.71. The SMILES string of the molecule is O=c1[nH]c2cc(F)cc(N3CCN(CCCc4coc5ccc(F)cc45)CC3)c2o1. The molecule has 0 spiro atoms. The van der Waals surface area contributed by atoms with Gasteiger partial charge in [0.25, 0.3) is 0 Å². The van der Waals surface area contributed by atoms with Crippen molar-refractivity contribution in [2.24, 2.45) is 0 Å². The van der Waals surface area contributed by atoms with E-state index in [0.29, 0.717) is 35.5 Å². The van der Waals surface area contributed by atoms with Crippen molar-refractivity contribution in [2.45, 2.75) is 12.8 Å². The summed E-state index contributed by atoms with van der Waals surface area (Å²) < 4.78 is 38.2. The zero-order valence-electron chi connectivity index (χ0n) is 16.3. The molecule has 5 rings (SSSR count). The molecule has 6 nitrogen and oxygen atoms in total. The van der Waals surface area contributed by atoms with Crippen LogP contribution < -0.4 is 10.7 Å². The molecule has 2 aromatic heterocycles. The van der Waals surface area contributed by atoms with Gasteiger partial charge in [0.15, 0.2) is 5.58 Å². The van der Waals surface area contributed by atoms with Crippen molar-refractivity contribution in [3.8, 4) is 0 Å². The molecule has 0 unspecified atom stereocenters. The normalized spacial score (nSPS) is 15.5. The average Bonchev–Trinajstić information content (AvgIpc) is 3.30.